The molecule has 1 aromatic carbocycles. The molecule has 2 heterocycles. The number of hydrogen-bond acceptors (Lipinski definition) is 4. The fourth-order valence-electron chi connectivity index (χ4n) is 3.83. The number of aromatic nitrogens is 1. The summed E-state index contributed by atoms with van der Waals surface area (Å²) in [5.74, 6) is 1.51. The van der Waals surface area contributed by atoms with E-state index in [0.29, 0.717) is 13.1 Å². The summed E-state index contributed by atoms with van der Waals surface area (Å²) in [4.78, 5) is 25.3. The molecule has 1 fully saturated rings. The molecule has 1 aliphatic heterocycles. The highest BCUT2D eigenvalue weighted by molar-refractivity contribution is 6.30. The van der Waals surface area contributed by atoms with E-state index in [1.54, 1.807) is 6.20 Å². The minimum absolute atomic E-state index is 0.0399. The Kier molecular flexibility index (Phi) is 8.12. The molecule has 0 spiro atoms. The van der Waals surface area contributed by atoms with Crippen LogP contribution in [0.2, 0.25) is 5.02 Å². The Hall–Kier alpha value is -2.80. The Morgan fingerprint density at radius 2 is 2.10 bits per heavy atom. The van der Waals surface area contributed by atoms with Crippen LogP contribution in [0, 0.1) is 5.92 Å². The van der Waals surface area contributed by atoms with Gasteiger partial charge in [0.1, 0.15) is 5.82 Å². The van der Waals surface area contributed by atoms with Gasteiger partial charge in [-0.25, -0.2) is 9.98 Å². The number of halogens is 1. The molecule has 8 heteroatoms. The number of anilines is 1. The number of piperidine rings is 1. The lowest BCUT2D eigenvalue weighted by Crippen LogP contribution is -2.39. The van der Waals surface area contributed by atoms with Crippen molar-refractivity contribution in [3.05, 3.63) is 58.7 Å². The summed E-state index contributed by atoms with van der Waals surface area (Å²) < 4.78 is 0. The molecule has 0 atom stereocenters. The van der Waals surface area contributed by atoms with E-state index >= 15 is 0 Å². The Morgan fingerprint density at radius 3 is 2.77 bits per heavy atom. The highest BCUT2D eigenvalue weighted by Gasteiger charge is 2.25. The monoisotopic (exact) mass is 442 g/mol. The van der Waals surface area contributed by atoms with Gasteiger partial charge in [0.25, 0.3) is 0 Å². The van der Waals surface area contributed by atoms with E-state index in [1.807, 2.05) is 31.3 Å². The van der Waals surface area contributed by atoms with Crippen molar-refractivity contribution in [1.29, 1.82) is 0 Å². The highest BCUT2D eigenvalue weighted by Crippen LogP contribution is 2.25. The number of nitrogens with two attached hydrogens (primary N) is 1. The lowest BCUT2D eigenvalue weighted by Gasteiger charge is -2.32. The third-order valence-electron chi connectivity index (χ3n) is 5.47. The molecule has 0 aliphatic carbocycles. The van der Waals surface area contributed by atoms with Crippen LogP contribution in [0.5, 0.6) is 0 Å². The summed E-state index contributed by atoms with van der Waals surface area (Å²) in [5.41, 5.74) is 7.66. The molecule has 0 unspecified atom stereocenters. The Bertz CT molecular complexity index is 910. The van der Waals surface area contributed by atoms with E-state index in [4.69, 9.17) is 22.3 Å². The summed E-state index contributed by atoms with van der Waals surface area (Å²) in [7, 11) is 2.02. The zero-order chi connectivity index (χ0) is 22.2. The average Bonchev–Trinajstić information content (AvgIpc) is 2.77. The largest absolute Gasteiger partial charge is 0.369 e. The third-order valence-corrected chi connectivity index (χ3v) is 5.70. The van der Waals surface area contributed by atoms with Crippen LogP contribution in [0.25, 0.3) is 0 Å². The van der Waals surface area contributed by atoms with Crippen LogP contribution in [0.3, 0.4) is 0 Å². The van der Waals surface area contributed by atoms with Crippen molar-refractivity contribution in [2.75, 3.05) is 31.6 Å². The van der Waals surface area contributed by atoms with E-state index in [1.165, 1.54) is 0 Å². The number of pyridine rings is 1. The molecular formula is C23H31ClN6O. The SMILES string of the molecule is CCNC(=NCc1cccnc1N1CCC(C(N)=O)CC1)N(C)Cc1cccc(Cl)c1. The number of hydrogen-bond donors (Lipinski definition) is 2. The first-order chi connectivity index (χ1) is 15.0. The van der Waals surface area contributed by atoms with Gasteiger partial charge in [0.2, 0.25) is 5.91 Å². The van der Waals surface area contributed by atoms with E-state index in [9.17, 15) is 4.79 Å². The first-order valence-corrected chi connectivity index (χ1v) is 11.1. The van der Waals surface area contributed by atoms with Gasteiger partial charge in [-0.15, -0.1) is 0 Å². The molecule has 1 saturated heterocycles. The molecular weight excluding hydrogens is 412 g/mol. The van der Waals surface area contributed by atoms with Crippen molar-refractivity contribution in [2.24, 2.45) is 16.6 Å². The minimum Gasteiger partial charge on any atom is -0.369 e. The number of aliphatic imine (C=N–C) groups is 1. The molecule has 0 saturated carbocycles. The fraction of sp³-hybridized carbons (Fsp3) is 0.435. The summed E-state index contributed by atoms with van der Waals surface area (Å²) in [6, 6.07) is 11.9. The fourth-order valence-corrected chi connectivity index (χ4v) is 4.04. The quantitative estimate of drug-likeness (QED) is 0.508. The van der Waals surface area contributed by atoms with Gasteiger partial charge in [0.15, 0.2) is 5.96 Å². The van der Waals surface area contributed by atoms with Crippen LogP contribution < -0.4 is 16.0 Å². The molecule has 1 aromatic heterocycles. The molecule has 3 N–H and O–H groups in total. The number of amides is 1. The second kappa shape index (κ2) is 11.0. The Labute approximate surface area is 189 Å². The van der Waals surface area contributed by atoms with Gasteiger partial charge in [-0.1, -0.05) is 29.8 Å². The van der Waals surface area contributed by atoms with Crippen LogP contribution >= 0.6 is 11.6 Å². The Morgan fingerprint density at radius 1 is 1.32 bits per heavy atom. The van der Waals surface area contributed by atoms with Crippen LogP contribution in [0.4, 0.5) is 5.82 Å². The molecule has 7 nitrogen and oxygen atoms in total. The molecule has 3 rings (SSSR count). The lowest BCUT2D eigenvalue weighted by atomic mass is 9.96. The smallest absolute Gasteiger partial charge is 0.220 e. The number of rotatable bonds is 7. The molecule has 1 amide bonds. The van der Waals surface area contributed by atoms with Crippen molar-refractivity contribution in [3.63, 3.8) is 0 Å². The third kappa shape index (κ3) is 6.34. The van der Waals surface area contributed by atoms with Crippen LogP contribution in [0.1, 0.15) is 30.9 Å². The molecule has 166 valence electrons. The molecule has 0 radical (unpaired) electrons. The van der Waals surface area contributed by atoms with E-state index in [0.717, 1.165) is 60.4 Å². The van der Waals surface area contributed by atoms with Gasteiger partial charge in [-0.05, 0) is 43.5 Å². The zero-order valence-electron chi connectivity index (χ0n) is 18.2. The number of carbonyl (C=O) groups excluding carboxylic acids is 1. The van der Waals surface area contributed by atoms with Gasteiger partial charge < -0.3 is 20.9 Å². The predicted octanol–water partition coefficient (Wildman–Crippen LogP) is 3.03. The Balaban J connectivity index is 1.72. The van der Waals surface area contributed by atoms with Crippen molar-refractivity contribution >= 4 is 29.3 Å². The molecule has 31 heavy (non-hydrogen) atoms. The first kappa shape index (κ1) is 22.9. The standard InChI is InChI=1S/C23H31ClN6O/c1-3-26-23(29(2)16-17-6-4-8-20(24)14-17)28-15-19-7-5-11-27-22(19)30-12-9-18(10-13-30)21(25)31/h4-8,11,14,18H,3,9-10,12-13,15-16H2,1-2H3,(H2,25,31)(H,26,28). The number of benzene rings is 1. The lowest BCUT2D eigenvalue weighted by molar-refractivity contribution is -0.122. The minimum atomic E-state index is -0.205. The van der Waals surface area contributed by atoms with Crippen molar-refractivity contribution in [1.82, 2.24) is 15.2 Å². The number of carbonyl (C=O) groups is 1. The van der Waals surface area contributed by atoms with Gasteiger partial charge in [-0.3, -0.25) is 4.79 Å². The van der Waals surface area contributed by atoms with E-state index < -0.39 is 0 Å². The van der Waals surface area contributed by atoms with Crippen LogP contribution in [-0.4, -0.2) is 48.4 Å². The summed E-state index contributed by atoms with van der Waals surface area (Å²) in [6.45, 7) is 5.60. The van der Waals surface area contributed by atoms with Gasteiger partial charge >= 0.3 is 0 Å². The maximum atomic E-state index is 11.5. The molecule has 0 bridgehead atoms. The second-order valence-electron chi connectivity index (χ2n) is 7.81. The van der Waals surface area contributed by atoms with Gasteiger partial charge in [0.05, 0.1) is 6.54 Å². The maximum absolute atomic E-state index is 11.5. The van der Waals surface area contributed by atoms with Gasteiger partial charge in [-0.2, -0.15) is 0 Å². The average molecular weight is 443 g/mol. The number of guanidine groups is 1. The van der Waals surface area contributed by atoms with Crippen LogP contribution in [-0.2, 0) is 17.9 Å². The topological polar surface area (TPSA) is 86.9 Å². The number of primary amides is 1. The molecule has 2 aromatic rings. The van der Waals surface area contributed by atoms with E-state index in [2.05, 4.69) is 39.2 Å². The number of nitrogens with one attached hydrogen (secondary N) is 1. The summed E-state index contributed by atoms with van der Waals surface area (Å²) >= 11 is 6.13. The first-order valence-electron chi connectivity index (χ1n) is 10.7. The van der Waals surface area contributed by atoms with Crippen LogP contribution in [0.15, 0.2) is 47.6 Å². The second-order valence-corrected chi connectivity index (χ2v) is 8.24. The summed E-state index contributed by atoms with van der Waals surface area (Å²) in [5, 5.41) is 4.09. The van der Waals surface area contributed by atoms with Crippen molar-refractivity contribution in [2.45, 2.75) is 32.9 Å². The molecule has 1 aliphatic rings. The normalized spacial score (nSPS) is 15.1. The zero-order valence-corrected chi connectivity index (χ0v) is 19.0. The van der Waals surface area contributed by atoms with Gasteiger partial charge in [0, 0.05) is 55.9 Å². The number of nitrogens with zero attached hydrogens (tertiary/aromatic N) is 4. The summed E-state index contributed by atoms with van der Waals surface area (Å²) in [6.07, 6.45) is 3.33. The van der Waals surface area contributed by atoms with Crippen molar-refractivity contribution < 1.29 is 4.79 Å². The predicted molar refractivity (Wildman–Crippen MR) is 126 cm³/mol. The highest BCUT2D eigenvalue weighted by atomic mass is 35.5. The van der Waals surface area contributed by atoms with Crippen molar-refractivity contribution in [3.8, 4) is 0 Å². The van der Waals surface area contributed by atoms with E-state index in [-0.39, 0.29) is 11.8 Å². The maximum Gasteiger partial charge on any atom is 0.220 e.